The zero-order valence-electron chi connectivity index (χ0n) is 17.1. The highest BCUT2D eigenvalue weighted by atomic mass is 19.1. The van der Waals surface area contributed by atoms with E-state index in [1.807, 2.05) is 48.5 Å². The van der Waals surface area contributed by atoms with Crippen LogP contribution in [0.3, 0.4) is 0 Å². The first-order valence-corrected chi connectivity index (χ1v) is 9.72. The minimum atomic E-state index is -0.752. The van der Waals surface area contributed by atoms with Crippen LogP contribution in [0, 0.1) is 5.82 Å². The molecule has 2 aromatic carbocycles. The molecule has 0 fully saturated rings. The Morgan fingerprint density at radius 2 is 1.62 bits per heavy atom. The first kappa shape index (κ1) is 20.9. The predicted octanol–water partition coefficient (Wildman–Crippen LogP) is 5.33. The number of aldehydes is 2. The van der Waals surface area contributed by atoms with Crippen molar-refractivity contribution in [3.63, 3.8) is 0 Å². The number of hydrogen-bond donors (Lipinski definition) is 1. The van der Waals surface area contributed by atoms with Crippen LogP contribution in [-0.2, 0) is 0 Å². The maximum absolute atomic E-state index is 14.8. The van der Waals surface area contributed by atoms with Crippen LogP contribution in [0.1, 0.15) is 20.7 Å². The van der Waals surface area contributed by atoms with Gasteiger partial charge in [0.15, 0.2) is 24.2 Å². The summed E-state index contributed by atoms with van der Waals surface area (Å²) in [4.78, 5) is 31.0. The van der Waals surface area contributed by atoms with Crippen molar-refractivity contribution in [1.29, 1.82) is 0 Å². The third-order valence-electron chi connectivity index (χ3n) is 4.92. The van der Waals surface area contributed by atoms with Crippen LogP contribution in [0.15, 0.2) is 72.9 Å². The van der Waals surface area contributed by atoms with E-state index in [0.717, 1.165) is 11.1 Å². The molecule has 158 valence electrons. The van der Waals surface area contributed by atoms with Gasteiger partial charge in [-0.25, -0.2) is 14.4 Å². The average molecular weight is 427 g/mol. The molecule has 0 aliphatic carbocycles. The zero-order valence-corrected chi connectivity index (χ0v) is 17.1. The second kappa shape index (κ2) is 9.18. The van der Waals surface area contributed by atoms with Gasteiger partial charge in [-0.2, -0.15) is 0 Å². The third kappa shape index (κ3) is 3.96. The van der Waals surface area contributed by atoms with Crippen LogP contribution < -0.4 is 10.1 Å². The van der Waals surface area contributed by atoms with Crippen LogP contribution in [0.4, 0.5) is 15.9 Å². The van der Waals surface area contributed by atoms with Gasteiger partial charge in [-0.3, -0.25) is 9.59 Å². The third-order valence-corrected chi connectivity index (χ3v) is 4.92. The highest BCUT2D eigenvalue weighted by molar-refractivity contribution is 5.92. The summed E-state index contributed by atoms with van der Waals surface area (Å²) in [6, 6.07) is 19.7. The molecule has 0 saturated carbocycles. The molecule has 0 atom stereocenters. The molecule has 2 aromatic heterocycles. The van der Waals surface area contributed by atoms with Gasteiger partial charge in [0.05, 0.1) is 29.6 Å². The van der Waals surface area contributed by atoms with E-state index in [1.165, 1.54) is 19.4 Å². The van der Waals surface area contributed by atoms with E-state index in [0.29, 0.717) is 35.1 Å². The monoisotopic (exact) mass is 427 g/mol. The van der Waals surface area contributed by atoms with E-state index in [9.17, 15) is 14.0 Å². The second-order valence-corrected chi connectivity index (χ2v) is 6.81. The fourth-order valence-electron chi connectivity index (χ4n) is 3.37. The lowest BCUT2D eigenvalue weighted by molar-refractivity contribution is 0.111. The fourth-order valence-corrected chi connectivity index (χ4v) is 3.37. The first-order chi connectivity index (χ1) is 15.7. The Bertz CT molecular complexity index is 1290. The zero-order chi connectivity index (χ0) is 22.5. The van der Waals surface area contributed by atoms with Crippen molar-refractivity contribution in [1.82, 2.24) is 9.97 Å². The molecule has 6 nitrogen and oxygen atoms in total. The first-order valence-electron chi connectivity index (χ1n) is 9.72. The molecular weight excluding hydrogens is 409 g/mol. The molecule has 4 rings (SSSR count). The Balaban J connectivity index is 1.94. The van der Waals surface area contributed by atoms with E-state index >= 15 is 0 Å². The van der Waals surface area contributed by atoms with Gasteiger partial charge in [-0.15, -0.1) is 0 Å². The fraction of sp³-hybridized carbons (Fsp3) is 0.0400. The maximum Gasteiger partial charge on any atom is 0.224 e. The normalized spacial score (nSPS) is 10.4. The molecule has 32 heavy (non-hydrogen) atoms. The minimum Gasteiger partial charge on any atom is -0.480 e. The summed E-state index contributed by atoms with van der Waals surface area (Å²) in [6.45, 7) is 0. The summed E-state index contributed by atoms with van der Waals surface area (Å²) in [5, 5.41) is 3.05. The lowest BCUT2D eigenvalue weighted by Gasteiger charge is -2.18. The van der Waals surface area contributed by atoms with Gasteiger partial charge < -0.3 is 10.1 Å². The molecule has 0 spiro atoms. The predicted molar refractivity (Wildman–Crippen MR) is 120 cm³/mol. The number of aromatic nitrogens is 2. The molecule has 7 heteroatoms. The molecule has 0 radical (unpaired) electrons. The summed E-state index contributed by atoms with van der Waals surface area (Å²) in [6.07, 6.45) is 2.47. The quantitative estimate of drug-likeness (QED) is 0.402. The largest absolute Gasteiger partial charge is 0.480 e. The number of halogens is 1. The number of carbonyl (C=O) groups is 2. The summed E-state index contributed by atoms with van der Waals surface area (Å²) < 4.78 is 20.1. The number of nitrogens with zero attached hydrogens (tertiary/aromatic N) is 2. The minimum absolute atomic E-state index is 0.0873. The Morgan fingerprint density at radius 3 is 2.34 bits per heavy atom. The Hall–Kier alpha value is -4.39. The van der Waals surface area contributed by atoms with Crippen molar-refractivity contribution in [3.05, 3.63) is 89.9 Å². The van der Waals surface area contributed by atoms with E-state index in [4.69, 9.17) is 4.74 Å². The van der Waals surface area contributed by atoms with Gasteiger partial charge in [0.1, 0.15) is 0 Å². The summed E-state index contributed by atoms with van der Waals surface area (Å²) >= 11 is 0. The van der Waals surface area contributed by atoms with Crippen molar-refractivity contribution in [2.75, 3.05) is 12.4 Å². The van der Waals surface area contributed by atoms with Crippen molar-refractivity contribution in [2.45, 2.75) is 0 Å². The van der Waals surface area contributed by atoms with Crippen molar-refractivity contribution < 1.29 is 18.7 Å². The van der Waals surface area contributed by atoms with Crippen LogP contribution in [-0.4, -0.2) is 29.7 Å². The lowest BCUT2D eigenvalue weighted by Crippen LogP contribution is -2.04. The number of rotatable bonds is 7. The van der Waals surface area contributed by atoms with Crippen molar-refractivity contribution in [3.8, 4) is 28.3 Å². The van der Waals surface area contributed by atoms with Crippen molar-refractivity contribution in [2.24, 2.45) is 0 Å². The SMILES string of the molecule is COc1nc(-c2cccc(-c3ccccc3)c2Nc2nccc(C=O)c2F)ccc1C=O. The van der Waals surface area contributed by atoms with Crippen molar-refractivity contribution >= 4 is 24.1 Å². The van der Waals surface area contributed by atoms with Crippen LogP contribution in [0.2, 0.25) is 0 Å². The average Bonchev–Trinajstić information content (AvgIpc) is 2.85. The highest BCUT2D eigenvalue weighted by Crippen LogP contribution is 2.39. The van der Waals surface area contributed by atoms with Crippen LogP contribution >= 0.6 is 0 Å². The van der Waals surface area contributed by atoms with Crippen LogP contribution in [0.5, 0.6) is 5.88 Å². The van der Waals surface area contributed by atoms with E-state index in [-0.39, 0.29) is 17.3 Å². The van der Waals surface area contributed by atoms with E-state index in [1.54, 1.807) is 12.1 Å². The summed E-state index contributed by atoms with van der Waals surface area (Å²) in [7, 11) is 1.43. The number of ether oxygens (including phenoxy) is 1. The van der Waals surface area contributed by atoms with Gasteiger partial charge in [0.2, 0.25) is 5.88 Å². The molecule has 4 aromatic rings. The topological polar surface area (TPSA) is 81.2 Å². The molecule has 0 unspecified atom stereocenters. The highest BCUT2D eigenvalue weighted by Gasteiger charge is 2.18. The van der Waals surface area contributed by atoms with Gasteiger partial charge in [-0.1, -0.05) is 48.5 Å². The number of hydrogen-bond acceptors (Lipinski definition) is 6. The number of para-hydroxylation sites is 1. The van der Waals surface area contributed by atoms with Gasteiger partial charge >= 0.3 is 0 Å². The maximum atomic E-state index is 14.8. The number of benzene rings is 2. The summed E-state index contributed by atoms with van der Waals surface area (Å²) in [5.41, 5.74) is 3.58. The van der Waals surface area contributed by atoms with Gasteiger partial charge in [-0.05, 0) is 23.8 Å². The Morgan fingerprint density at radius 1 is 0.875 bits per heavy atom. The van der Waals surface area contributed by atoms with Gasteiger partial charge in [0, 0.05) is 17.3 Å². The Kier molecular flexibility index (Phi) is 5.98. The number of nitrogens with one attached hydrogen (secondary N) is 1. The van der Waals surface area contributed by atoms with E-state index in [2.05, 4.69) is 15.3 Å². The number of carbonyl (C=O) groups excluding carboxylic acids is 2. The molecule has 0 amide bonds. The smallest absolute Gasteiger partial charge is 0.224 e. The van der Waals surface area contributed by atoms with Crippen LogP contribution in [0.25, 0.3) is 22.4 Å². The number of pyridine rings is 2. The molecule has 2 heterocycles. The molecule has 0 aliphatic rings. The van der Waals surface area contributed by atoms with Gasteiger partial charge in [0.25, 0.3) is 0 Å². The molecule has 0 saturated heterocycles. The molecule has 0 aliphatic heterocycles. The standard InChI is InChI=1S/C25H18FN3O3/c1-32-25-18(15-31)10-11-21(28-25)20-9-5-8-19(16-6-3-2-4-7-16)23(20)29-24-22(26)17(14-30)12-13-27-24/h2-15H,1H3,(H,27,29). The second-order valence-electron chi connectivity index (χ2n) is 6.81. The molecule has 1 N–H and O–H groups in total. The number of methoxy groups -OCH3 is 1. The Labute approximate surface area is 183 Å². The molecule has 0 bridgehead atoms. The van der Waals surface area contributed by atoms with E-state index < -0.39 is 5.82 Å². The lowest BCUT2D eigenvalue weighted by atomic mass is 9.97. The summed E-state index contributed by atoms with van der Waals surface area (Å²) in [5.74, 6) is -0.658. The number of anilines is 2. The molecular formula is C25H18FN3O3.